The average molecular weight is 258 g/mol. The van der Waals surface area contributed by atoms with Crippen molar-refractivity contribution in [3.63, 3.8) is 0 Å². The third-order valence-electron chi connectivity index (χ3n) is 2.36. The van der Waals surface area contributed by atoms with Gasteiger partial charge in [0.1, 0.15) is 0 Å². The fourth-order valence-electron chi connectivity index (χ4n) is 1.56. The van der Waals surface area contributed by atoms with E-state index in [0.717, 1.165) is 23.7 Å². The smallest absolute Gasteiger partial charge is 0.0950 e. The quantitative estimate of drug-likeness (QED) is 0.727. The number of nitrogens with one attached hydrogen (secondary N) is 1. The van der Waals surface area contributed by atoms with Crippen molar-refractivity contribution in [1.82, 2.24) is 5.32 Å². The lowest BCUT2D eigenvalue weighted by atomic mass is 10.1. The van der Waals surface area contributed by atoms with Crippen molar-refractivity contribution in [1.29, 1.82) is 0 Å². The monoisotopic (exact) mass is 257 g/mol. The fraction of sp³-hybridized carbons (Fsp3) is 0.538. The van der Waals surface area contributed by atoms with Crippen LogP contribution in [0.3, 0.4) is 0 Å². The van der Waals surface area contributed by atoms with Crippen molar-refractivity contribution in [2.75, 3.05) is 33.4 Å². The summed E-state index contributed by atoms with van der Waals surface area (Å²) in [7, 11) is 1.91. The molecular formula is C13H20ClNO2. The minimum Gasteiger partial charge on any atom is -0.379 e. The van der Waals surface area contributed by atoms with Crippen molar-refractivity contribution < 1.29 is 9.47 Å². The Morgan fingerprint density at radius 3 is 2.82 bits per heavy atom. The Morgan fingerprint density at radius 2 is 2.18 bits per heavy atom. The lowest BCUT2D eigenvalue weighted by Gasteiger charge is -2.18. The van der Waals surface area contributed by atoms with Gasteiger partial charge in [-0.05, 0) is 31.7 Å². The first-order valence-corrected chi connectivity index (χ1v) is 6.25. The molecule has 0 spiro atoms. The fourth-order valence-corrected chi connectivity index (χ4v) is 1.76. The maximum Gasteiger partial charge on any atom is 0.0950 e. The van der Waals surface area contributed by atoms with Crippen molar-refractivity contribution in [2.45, 2.75) is 13.0 Å². The molecular weight excluding hydrogens is 238 g/mol. The van der Waals surface area contributed by atoms with Gasteiger partial charge in [0.25, 0.3) is 0 Å². The van der Waals surface area contributed by atoms with Crippen LogP contribution >= 0.6 is 11.6 Å². The number of rotatable bonds is 8. The van der Waals surface area contributed by atoms with Crippen LogP contribution in [0.15, 0.2) is 24.3 Å². The second kappa shape index (κ2) is 8.48. The molecule has 3 nitrogen and oxygen atoms in total. The Bertz CT molecular complexity index is 320. The topological polar surface area (TPSA) is 30.5 Å². The summed E-state index contributed by atoms with van der Waals surface area (Å²) < 4.78 is 11.0. The summed E-state index contributed by atoms with van der Waals surface area (Å²) >= 11 is 5.97. The molecule has 1 N–H and O–H groups in total. The van der Waals surface area contributed by atoms with E-state index in [1.54, 1.807) is 0 Å². The van der Waals surface area contributed by atoms with Gasteiger partial charge in [0, 0.05) is 18.2 Å². The van der Waals surface area contributed by atoms with Gasteiger partial charge >= 0.3 is 0 Å². The minimum atomic E-state index is 0.0131. The highest BCUT2D eigenvalue weighted by Crippen LogP contribution is 2.20. The van der Waals surface area contributed by atoms with Gasteiger partial charge in [-0.1, -0.05) is 23.7 Å². The maximum absolute atomic E-state index is 5.97. The third kappa shape index (κ3) is 5.50. The molecule has 1 rings (SSSR count). The number of halogens is 1. The van der Waals surface area contributed by atoms with E-state index in [1.807, 2.05) is 38.2 Å². The van der Waals surface area contributed by atoms with Crippen LogP contribution in [-0.2, 0) is 9.47 Å². The summed E-state index contributed by atoms with van der Waals surface area (Å²) in [6, 6.07) is 7.76. The van der Waals surface area contributed by atoms with Gasteiger partial charge in [0.05, 0.1) is 19.3 Å². The summed E-state index contributed by atoms with van der Waals surface area (Å²) in [6.07, 6.45) is 0.0131. The van der Waals surface area contributed by atoms with Crippen molar-refractivity contribution >= 4 is 11.6 Å². The lowest BCUT2D eigenvalue weighted by Crippen LogP contribution is -2.21. The number of hydrogen-bond acceptors (Lipinski definition) is 3. The van der Waals surface area contributed by atoms with Gasteiger partial charge in [-0.3, -0.25) is 0 Å². The number of hydrogen-bond donors (Lipinski definition) is 1. The first kappa shape index (κ1) is 14.5. The van der Waals surface area contributed by atoms with Crippen LogP contribution in [0, 0.1) is 0 Å². The summed E-state index contributed by atoms with van der Waals surface area (Å²) in [4.78, 5) is 0. The molecule has 1 atom stereocenters. The van der Waals surface area contributed by atoms with Crippen LogP contribution in [0.1, 0.15) is 18.6 Å². The number of likely N-dealkylation sites (N-methyl/N-ethyl adjacent to an activating group) is 1. The van der Waals surface area contributed by atoms with Crippen LogP contribution < -0.4 is 5.32 Å². The number of ether oxygens (including phenoxy) is 2. The van der Waals surface area contributed by atoms with Crippen LogP contribution in [0.2, 0.25) is 5.02 Å². The standard InChI is InChI=1S/C13H20ClNO2/c1-3-16-7-8-17-13(10-15-2)11-5-4-6-12(14)9-11/h4-6,9,13,15H,3,7-8,10H2,1-2H3. The van der Waals surface area contributed by atoms with Crippen LogP contribution in [0.25, 0.3) is 0 Å². The lowest BCUT2D eigenvalue weighted by molar-refractivity contribution is 0.00762. The van der Waals surface area contributed by atoms with Crippen molar-refractivity contribution in [3.05, 3.63) is 34.9 Å². The summed E-state index contributed by atoms with van der Waals surface area (Å²) in [5.41, 5.74) is 1.09. The SMILES string of the molecule is CCOCCOC(CNC)c1cccc(Cl)c1. The molecule has 0 radical (unpaired) electrons. The Kier molecular flexibility index (Phi) is 7.21. The molecule has 1 unspecified atom stereocenters. The molecule has 0 amide bonds. The second-order valence-corrected chi connectivity index (χ2v) is 4.11. The first-order valence-electron chi connectivity index (χ1n) is 5.87. The molecule has 0 heterocycles. The Morgan fingerprint density at radius 1 is 1.35 bits per heavy atom. The molecule has 0 saturated carbocycles. The zero-order chi connectivity index (χ0) is 12.5. The van der Waals surface area contributed by atoms with Crippen LogP contribution in [0.4, 0.5) is 0 Å². The molecule has 4 heteroatoms. The van der Waals surface area contributed by atoms with Crippen molar-refractivity contribution in [2.24, 2.45) is 0 Å². The summed E-state index contributed by atoms with van der Waals surface area (Å²) in [5, 5.41) is 3.85. The van der Waals surface area contributed by atoms with Crippen molar-refractivity contribution in [3.8, 4) is 0 Å². The predicted octanol–water partition coefficient (Wildman–Crippen LogP) is 2.65. The Labute approximate surface area is 108 Å². The van der Waals surface area contributed by atoms with Gasteiger partial charge < -0.3 is 14.8 Å². The molecule has 96 valence electrons. The van der Waals surface area contributed by atoms with Gasteiger partial charge in [-0.25, -0.2) is 0 Å². The minimum absolute atomic E-state index is 0.0131. The van der Waals surface area contributed by atoms with E-state index < -0.39 is 0 Å². The molecule has 17 heavy (non-hydrogen) atoms. The molecule has 0 saturated heterocycles. The van der Waals surface area contributed by atoms with E-state index in [4.69, 9.17) is 21.1 Å². The zero-order valence-electron chi connectivity index (χ0n) is 10.4. The number of benzene rings is 1. The van der Waals surface area contributed by atoms with E-state index in [9.17, 15) is 0 Å². The van der Waals surface area contributed by atoms with Gasteiger partial charge in [0.15, 0.2) is 0 Å². The summed E-state index contributed by atoms with van der Waals surface area (Å²) in [6.45, 7) is 4.66. The van der Waals surface area contributed by atoms with Crippen LogP contribution in [0.5, 0.6) is 0 Å². The van der Waals surface area contributed by atoms with Crippen LogP contribution in [-0.4, -0.2) is 33.4 Å². The normalized spacial score (nSPS) is 12.6. The molecule has 1 aromatic carbocycles. The second-order valence-electron chi connectivity index (χ2n) is 3.67. The third-order valence-corrected chi connectivity index (χ3v) is 2.60. The Balaban J connectivity index is 2.52. The molecule has 0 aliphatic heterocycles. The van der Waals surface area contributed by atoms with E-state index in [-0.39, 0.29) is 6.10 Å². The van der Waals surface area contributed by atoms with E-state index in [1.165, 1.54) is 0 Å². The van der Waals surface area contributed by atoms with Gasteiger partial charge in [-0.2, -0.15) is 0 Å². The highest BCUT2D eigenvalue weighted by molar-refractivity contribution is 6.30. The molecule has 1 aromatic rings. The van der Waals surface area contributed by atoms with Gasteiger partial charge in [-0.15, -0.1) is 0 Å². The average Bonchev–Trinajstić information content (AvgIpc) is 2.33. The molecule has 0 aromatic heterocycles. The first-order chi connectivity index (χ1) is 8.27. The van der Waals surface area contributed by atoms with E-state index >= 15 is 0 Å². The zero-order valence-corrected chi connectivity index (χ0v) is 11.2. The van der Waals surface area contributed by atoms with E-state index in [0.29, 0.717) is 13.2 Å². The molecule has 0 aliphatic carbocycles. The molecule has 0 aliphatic rings. The van der Waals surface area contributed by atoms with E-state index in [2.05, 4.69) is 5.32 Å². The molecule has 0 fully saturated rings. The molecule has 0 bridgehead atoms. The highest BCUT2D eigenvalue weighted by Gasteiger charge is 2.11. The predicted molar refractivity (Wildman–Crippen MR) is 70.6 cm³/mol. The summed E-state index contributed by atoms with van der Waals surface area (Å²) in [5.74, 6) is 0. The largest absolute Gasteiger partial charge is 0.379 e. The maximum atomic E-state index is 5.97. The van der Waals surface area contributed by atoms with Gasteiger partial charge in [0.2, 0.25) is 0 Å². The highest BCUT2D eigenvalue weighted by atomic mass is 35.5. The Hall–Kier alpha value is -0.610.